The molecule has 2 aromatic heterocycles. The number of aromatic nitrogens is 1. The Balaban J connectivity index is 1.83. The third-order valence-corrected chi connectivity index (χ3v) is 12.1. The molecule has 5 aromatic rings. The molecule has 0 aliphatic heterocycles. The molecule has 3 heteroatoms. The van der Waals surface area contributed by atoms with Crippen molar-refractivity contribution in [2.24, 2.45) is 0 Å². The minimum absolute atomic E-state index is 0.493. The Labute approximate surface area is 197 Å². The summed E-state index contributed by atoms with van der Waals surface area (Å²) in [6.07, 6.45) is 1.96. The molecule has 2 heterocycles. The van der Waals surface area contributed by atoms with Crippen molar-refractivity contribution in [2.75, 3.05) is 0 Å². The van der Waals surface area contributed by atoms with Crippen molar-refractivity contribution < 1.29 is 0 Å². The van der Waals surface area contributed by atoms with Gasteiger partial charge in [0.15, 0.2) is 0 Å². The first-order chi connectivity index (χ1) is 15.3. The molecule has 5 rings (SSSR count). The van der Waals surface area contributed by atoms with Gasteiger partial charge in [0, 0.05) is 0 Å². The molecule has 0 saturated heterocycles. The van der Waals surface area contributed by atoms with Crippen molar-refractivity contribution in [3.05, 3.63) is 84.6 Å². The van der Waals surface area contributed by atoms with E-state index in [1.165, 1.54) is 42.4 Å². The van der Waals surface area contributed by atoms with E-state index in [9.17, 15) is 0 Å². The summed E-state index contributed by atoms with van der Waals surface area (Å²) >= 11 is -0.222. The summed E-state index contributed by atoms with van der Waals surface area (Å²) in [7, 11) is 0. The Hall–Kier alpha value is -2.43. The van der Waals surface area contributed by atoms with Gasteiger partial charge in [-0.05, 0) is 0 Å². The number of pyridine rings is 1. The summed E-state index contributed by atoms with van der Waals surface area (Å²) in [5, 5.41) is 2.74. The number of nitrogens with zero attached hydrogens (tertiary/aromatic N) is 1. The van der Waals surface area contributed by atoms with Crippen LogP contribution in [-0.2, 0) is 0 Å². The molecule has 32 heavy (non-hydrogen) atoms. The van der Waals surface area contributed by atoms with Crippen molar-refractivity contribution in [3.63, 3.8) is 0 Å². The van der Waals surface area contributed by atoms with Gasteiger partial charge in [-0.3, -0.25) is 0 Å². The Morgan fingerprint density at radius 1 is 0.750 bits per heavy atom. The number of fused-ring (bicyclic) bond motifs is 3. The van der Waals surface area contributed by atoms with Gasteiger partial charge in [0.2, 0.25) is 0 Å². The van der Waals surface area contributed by atoms with Crippen LogP contribution >= 0.6 is 11.3 Å². The van der Waals surface area contributed by atoms with Crippen LogP contribution in [0.2, 0.25) is 17.3 Å². The maximum atomic E-state index is 4.77. The van der Waals surface area contributed by atoms with Crippen LogP contribution in [0.3, 0.4) is 0 Å². The van der Waals surface area contributed by atoms with Crippen molar-refractivity contribution in [1.29, 1.82) is 0 Å². The third kappa shape index (κ3) is 3.70. The Morgan fingerprint density at radius 2 is 1.50 bits per heavy atom. The van der Waals surface area contributed by atoms with Crippen LogP contribution < -0.4 is 4.40 Å². The Morgan fingerprint density at radius 3 is 2.22 bits per heavy atom. The average molecular weight is 496 g/mol. The minimum atomic E-state index is -2.19. The topological polar surface area (TPSA) is 12.9 Å². The first-order valence-corrected chi connectivity index (χ1v) is 19.5. The predicted octanol–water partition coefficient (Wildman–Crippen LogP) is 8.45. The Kier molecular flexibility index (Phi) is 5.47. The maximum absolute atomic E-state index is 4.77. The van der Waals surface area contributed by atoms with Crippen LogP contribution in [0.25, 0.3) is 42.6 Å². The molecule has 1 nitrogen and oxygen atoms in total. The van der Waals surface area contributed by atoms with Gasteiger partial charge in [-0.15, -0.1) is 0 Å². The van der Waals surface area contributed by atoms with Crippen molar-refractivity contribution in [1.82, 2.24) is 4.98 Å². The first-order valence-electron chi connectivity index (χ1n) is 11.3. The van der Waals surface area contributed by atoms with E-state index in [2.05, 4.69) is 104 Å². The number of hydrogen-bond donors (Lipinski definition) is 0. The van der Waals surface area contributed by atoms with Crippen LogP contribution in [0, 0.1) is 0 Å². The van der Waals surface area contributed by atoms with Gasteiger partial charge in [-0.2, -0.15) is 0 Å². The van der Waals surface area contributed by atoms with Crippen LogP contribution in [0.4, 0.5) is 0 Å². The summed E-state index contributed by atoms with van der Waals surface area (Å²) in [6, 6.07) is 26.7. The molecule has 0 amide bonds. The van der Waals surface area contributed by atoms with E-state index in [1.807, 2.05) is 17.5 Å². The van der Waals surface area contributed by atoms with E-state index < -0.39 is 13.3 Å². The number of thiophene rings is 1. The van der Waals surface area contributed by atoms with E-state index in [-0.39, 0.29) is 0 Å². The van der Waals surface area contributed by atoms with Gasteiger partial charge in [0.05, 0.1) is 0 Å². The van der Waals surface area contributed by atoms with Crippen molar-refractivity contribution in [3.8, 4) is 22.4 Å². The molecule has 0 aliphatic rings. The van der Waals surface area contributed by atoms with Gasteiger partial charge in [0.1, 0.15) is 0 Å². The second-order valence-corrected chi connectivity index (χ2v) is 21.4. The van der Waals surface area contributed by atoms with E-state index >= 15 is 0 Å². The SMILES string of the molecule is CC(C)c1ccnc(-c2cccc3c2sc2[c]([Ge]([CH3])([CH3])[CH3])c(-c4ccccc4)ccc23)c1. The summed E-state index contributed by atoms with van der Waals surface area (Å²) in [4.78, 5) is 4.77. The molecule has 0 unspecified atom stereocenters. The van der Waals surface area contributed by atoms with Crippen LogP contribution in [0.15, 0.2) is 79.0 Å². The zero-order chi connectivity index (χ0) is 22.5. The molecule has 0 radical (unpaired) electrons. The molecule has 3 aromatic carbocycles. The molecule has 0 bridgehead atoms. The van der Waals surface area contributed by atoms with Gasteiger partial charge in [-0.1, -0.05) is 0 Å². The summed E-state index contributed by atoms with van der Waals surface area (Å²) in [5.41, 5.74) is 6.41. The molecule has 0 atom stereocenters. The van der Waals surface area contributed by atoms with E-state index in [4.69, 9.17) is 4.98 Å². The molecular formula is C29H29GeNS. The van der Waals surface area contributed by atoms with E-state index in [0.717, 1.165) is 5.69 Å². The molecule has 0 saturated carbocycles. The van der Waals surface area contributed by atoms with Crippen LogP contribution in [0.5, 0.6) is 0 Å². The normalized spacial score (nSPS) is 12.2. The molecule has 0 spiro atoms. The third-order valence-electron chi connectivity index (χ3n) is 6.23. The van der Waals surface area contributed by atoms with Crippen molar-refractivity contribution >= 4 is 49.2 Å². The van der Waals surface area contributed by atoms with Gasteiger partial charge in [0.25, 0.3) is 0 Å². The average Bonchev–Trinajstić information content (AvgIpc) is 3.17. The molecule has 160 valence electrons. The fourth-order valence-electron chi connectivity index (χ4n) is 4.62. The summed E-state index contributed by atoms with van der Waals surface area (Å²) in [5.74, 6) is 8.04. The standard InChI is InChI=1S/C29H29GeNS/c1-19(2)21-16-17-31-26(18-21)25-13-9-12-23-24-15-14-22(20-10-7-6-8-11-20)27(30(3,4)5)29(24)32-28(23)25/h6-19H,1-5H3. The first kappa shape index (κ1) is 21.4. The quantitative estimate of drug-likeness (QED) is 0.228. The van der Waals surface area contributed by atoms with Gasteiger partial charge < -0.3 is 0 Å². The van der Waals surface area contributed by atoms with Crippen LogP contribution in [-0.4, -0.2) is 18.3 Å². The zero-order valence-corrected chi connectivity index (χ0v) is 22.4. The summed E-state index contributed by atoms with van der Waals surface area (Å²) in [6.45, 7) is 4.48. The Bertz CT molecular complexity index is 1420. The molecular weight excluding hydrogens is 467 g/mol. The molecule has 0 N–H and O–H groups in total. The monoisotopic (exact) mass is 497 g/mol. The number of hydrogen-bond acceptors (Lipinski definition) is 2. The van der Waals surface area contributed by atoms with Gasteiger partial charge in [-0.25, -0.2) is 0 Å². The van der Waals surface area contributed by atoms with E-state index in [0.29, 0.717) is 5.92 Å². The fourth-order valence-corrected chi connectivity index (χ4v) is 11.7. The zero-order valence-electron chi connectivity index (χ0n) is 19.4. The number of benzene rings is 3. The van der Waals surface area contributed by atoms with Gasteiger partial charge >= 0.3 is 198 Å². The number of rotatable bonds is 4. The predicted molar refractivity (Wildman–Crippen MR) is 145 cm³/mol. The second kappa shape index (κ2) is 8.17. The van der Waals surface area contributed by atoms with Crippen molar-refractivity contribution in [2.45, 2.75) is 37.0 Å². The summed E-state index contributed by atoms with van der Waals surface area (Å²) < 4.78 is 4.44. The molecule has 0 aliphatic carbocycles. The van der Waals surface area contributed by atoms with Crippen LogP contribution in [0.1, 0.15) is 25.3 Å². The second-order valence-electron chi connectivity index (χ2n) is 9.89. The molecule has 0 fully saturated rings. The van der Waals surface area contributed by atoms with E-state index in [1.54, 1.807) is 4.40 Å². The fraction of sp³-hybridized carbons (Fsp3) is 0.207.